The average Bonchev–Trinajstić information content (AvgIpc) is 2.29. The van der Waals surface area contributed by atoms with E-state index in [1.807, 2.05) is 6.07 Å². The van der Waals surface area contributed by atoms with Gasteiger partial charge in [-0.2, -0.15) is 5.26 Å². The second-order valence-corrected chi connectivity index (χ2v) is 2.82. The molecule has 0 saturated heterocycles. The Morgan fingerprint density at radius 2 is 2.06 bits per heavy atom. The van der Waals surface area contributed by atoms with Crippen molar-refractivity contribution < 1.29 is 9.90 Å². The third-order valence-electron chi connectivity index (χ3n) is 1.72. The highest BCUT2D eigenvalue weighted by Crippen LogP contribution is 2.13. The van der Waals surface area contributed by atoms with Crippen LogP contribution in [0.25, 0.3) is 0 Å². The number of nitrogens with two attached hydrogens (primary N) is 1. The molecule has 0 amide bonds. The van der Waals surface area contributed by atoms with Crippen molar-refractivity contribution in [2.75, 3.05) is 0 Å². The van der Waals surface area contributed by atoms with Gasteiger partial charge in [-0.3, -0.25) is 0 Å². The number of aliphatic carboxylic acids is 1. The summed E-state index contributed by atoms with van der Waals surface area (Å²) in [6, 6.07) is 8.20. The third-order valence-corrected chi connectivity index (χ3v) is 1.72. The van der Waals surface area contributed by atoms with Crippen LogP contribution in [0.4, 0.5) is 5.69 Å². The topological polar surface area (TPSA) is 99.5 Å². The van der Waals surface area contributed by atoms with Gasteiger partial charge in [-0.25, -0.2) is 9.79 Å². The summed E-state index contributed by atoms with van der Waals surface area (Å²) < 4.78 is 0. The molecular weight excluding hydrogens is 206 g/mol. The van der Waals surface area contributed by atoms with Crippen LogP contribution in [-0.4, -0.2) is 16.8 Å². The highest BCUT2D eigenvalue weighted by Gasteiger charge is 2.04. The van der Waals surface area contributed by atoms with Crippen molar-refractivity contribution in [2.45, 2.75) is 0 Å². The number of nitrogens with zero attached hydrogens (tertiary/aromatic N) is 2. The highest BCUT2D eigenvalue weighted by atomic mass is 16.4. The van der Waals surface area contributed by atoms with E-state index in [-0.39, 0.29) is 5.71 Å². The number of rotatable bonds is 3. The van der Waals surface area contributed by atoms with Crippen LogP contribution in [0.15, 0.2) is 41.5 Å². The lowest BCUT2D eigenvalue weighted by molar-refractivity contribution is -0.129. The Balaban J connectivity index is 3.04. The number of nitriles is 1. The maximum absolute atomic E-state index is 10.7. The van der Waals surface area contributed by atoms with E-state index in [4.69, 9.17) is 16.1 Å². The van der Waals surface area contributed by atoms with Crippen LogP contribution < -0.4 is 5.73 Å². The third kappa shape index (κ3) is 2.96. The molecule has 3 N–H and O–H groups in total. The zero-order chi connectivity index (χ0) is 12.0. The molecule has 1 rings (SSSR count). The van der Waals surface area contributed by atoms with Crippen molar-refractivity contribution >= 4 is 17.4 Å². The summed E-state index contributed by atoms with van der Waals surface area (Å²) in [5.41, 5.74) is 5.88. The van der Waals surface area contributed by atoms with Gasteiger partial charge in [-0.15, -0.1) is 0 Å². The Morgan fingerprint density at radius 3 is 2.50 bits per heavy atom. The molecule has 0 heterocycles. The molecule has 80 valence electrons. The monoisotopic (exact) mass is 215 g/mol. The summed E-state index contributed by atoms with van der Waals surface area (Å²) >= 11 is 0. The van der Waals surface area contributed by atoms with E-state index in [1.165, 1.54) is 6.08 Å². The highest BCUT2D eigenvalue weighted by molar-refractivity contribution is 6.40. The lowest BCUT2D eigenvalue weighted by Gasteiger charge is -1.96. The van der Waals surface area contributed by atoms with Crippen molar-refractivity contribution in [2.24, 2.45) is 10.7 Å². The normalized spacial score (nSPS) is 11.3. The summed E-state index contributed by atoms with van der Waals surface area (Å²) in [4.78, 5) is 14.6. The fourth-order valence-corrected chi connectivity index (χ4v) is 0.997. The summed E-state index contributed by atoms with van der Waals surface area (Å²) in [6.45, 7) is 0. The zero-order valence-corrected chi connectivity index (χ0v) is 8.29. The van der Waals surface area contributed by atoms with Crippen LogP contribution in [0.1, 0.15) is 5.56 Å². The molecule has 0 bridgehead atoms. The number of hydrogen-bond donors (Lipinski definition) is 2. The Morgan fingerprint density at radius 1 is 1.44 bits per heavy atom. The van der Waals surface area contributed by atoms with Crippen molar-refractivity contribution in [1.29, 1.82) is 5.26 Å². The molecule has 0 saturated carbocycles. The second-order valence-electron chi connectivity index (χ2n) is 2.82. The molecule has 0 aromatic heterocycles. The Hall–Kier alpha value is -2.61. The Kier molecular flexibility index (Phi) is 3.81. The van der Waals surface area contributed by atoms with E-state index in [1.54, 1.807) is 24.3 Å². The van der Waals surface area contributed by atoms with Crippen molar-refractivity contribution in [3.05, 3.63) is 42.1 Å². The lowest BCUT2D eigenvalue weighted by atomic mass is 10.2. The van der Waals surface area contributed by atoms with Crippen LogP contribution in [0.5, 0.6) is 0 Å². The fraction of sp³-hybridized carbons (Fsp3) is 0. The lowest BCUT2D eigenvalue weighted by Crippen LogP contribution is -2.09. The predicted molar refractivity (Wildman–Crippen MR) is 59.2 cm³/mol. The van der Waals surface area contributed by atoms with Gasteiger partial charge in [-0.05, 0) is 36.5 Å². The molecule has 0 fully saturated rings. The van der Waals surface area contributed by atoms with E-state index in [9.17, 15) is 4.79 Å². The summed E-state index contributed by atoms with van der Waals surface area (Å²) in [7, 11) is 0. The first kappa shape index (κ1) is 11.5. The molecule has 5 heteroatoms. The Bertz CT molecular complexity index is 481. The minimum absolute atomic E-state index is 0.160. The van der Waals surface area contributed by atoms with Gasteiger partial charge in [0.15, 0.2) is 0 Å². The maximum Gasteiger partial charge on any atom is 0.354 e. The first-order chi connectivity index (χ1) is 7.67. The average molecular weight is 215 g/mol. The van der Waals surface area contributed by atoms with Crippen molar-refractivity contribution in [3.63, 3.8) is 0 Å². The van der Waals surface area contributed by atoms with Gasteiger partial charge in [0.05, 0.1) is 17.3 Å². The SMILES string of the molecule is N#Cc1ccc(N=C(C=CN)C(=O)O)cc1. The van der Waals surface area contributed by atoms with Crippen LogP contribution in [-0.2, 0) is 4.79 Å². The van der Waals surface area contributed by atoms with Gasteiger partial charge < -0.3 is 10.8 Å². The van der Waals surface area contributed by atoms with Crippen LogP contribution in [0.2, 0.25) is 0 Å². The number of hydrogen-bond acceptors (Lipinski definition) is 4. The smallest absolute Gasteiger partial charge is 0.354 e. The number of carboxylic acids is 1. The minimum Gasteiger partial charge on any atom is -0.477 e. The molecule has 0 radical (unpaired) electrons. The van der Waals surface area contributed by atoms with Gasteiger partial charge in [0.2, 0.25) is 0 Å². The van der Waals surface area contributed by atoms with E-state index in [0.29, 0.717) is 11.3 Å². The molecule has 0 unspecified atom stereocenters. The fourth-order valence-electron chi connectivity index (χ4n) is 0.997. The molecule has 16 heavy (non-hydrogen) atoms. The molecule has 1 aromatic rings. The van der Waals surface area contributed by atoms with E-state index in [2.05, 4.69) is 4.99 Å². The van der Waals surface area contributed by atoms with Crippen LogP contribution in [0.3, 0.4) is 0 Å². The number of carboxylic acid groups (broad SMARTS) is 1. The van der Waals surface area contributed by atoms with E-state index in [0.717, 1.165) is 6.20 Å². The quantitative estimate of drug-likeness (QED) is 0.739. The van der Waals surface area contributed by atoms with Crippen LogP contribution in [0, 0.1) is 11.3 Å². The number of carbonyl (C=O) groups is 1. The van der Waals surface area contributed by atoms with Crippen LogP contribution >= 0.6 is 0 Å². The molecular formula is C11H9N3O2. The zero-order valence-electron chi connectivity index (χ0n) is 8.29. The minimum atomic E-state index is -1.16. The standard InChI is InChI=1S/C11H9N3O2/c12-6-5-10(11(15)16)14-9-3-1-8(7-13)2-4-9/h1-6H,12H2,(H,15,16). The molecule has 0 aliphatic heterocycles. The van der Waals surface area contributed by atoms with Gasteiger partial charge in [0, 0.05) is 0 Å². The molecule has 0 spiro atoms. The molecule has 0 atom stereocenters. The van der Waals surface area contributed by atoms with Gasteiger partial charge in [0.25, 0.3) is 0 Å². The predicted octanol–water partition coefficient (Wildman–Crippen LogP) is 1.19. The molecule has 1 aromatic carbocycles. The van der Waals surface area contributed by atoms with E-state index >= 15 is 0 Å². The molecule has 0 aliphatic rings. The second kappa shape index (κ2) is 5.32. The van der Waals surface area contributed by atoms with Gasteiger partial charge in [0.1, 0.15) is 5.71 Å². The van der Waals surface area contributed by atoms with Crippen molar-refractivity contribution in [3.8, 4) is 6.07 Å². The number of aliphatic imine (C=N–C) groups is 1. The first-order valence-electron chi connectivity index (χ1n) is 4.38. The Labute approximate surface area is 92.2 Å². The number of benzene rings is 1. The summed E-state index contributed by atoms with van der Waals surface area (Å²) in [6.07, 6.45) is 2.30. The largest absolute Gasteiger partial charge is 0.477 e. The van der Waals surface area contributed by atoms with E-state index < -0.39 is 5.97 Å². The van der Waals surface area contributed by atoms with Crippen molar-refractivity contribution in [1.82, 2.24) is 0 Å². The van der Waals surface area contributed by atoms with Gasteiger partial charge in [-0.1, -0.05) is 0 Å². The molecule has 5 nitrogen and oxygen atoms in total. The molecule has 0 aliphatic carbocycles. The maximum atomic E-state index is 10.7. The first-order valence-corrected chi connectivity index (χ1v) is 4.38. The summed E-state index contributed by atoms with van der Waals surface area (Å²) in [5.74, 6) is -1.16. The summed E-state index contributed by atoms with van der Waals surface area (Å²) in [5, 5.41) is 17.4. The van der Waals surface area contributed by atoms with Gasteiger partial charge >= 0.3 is 5.97 Å².